The Labute approximate surface area is 123 Å². The summed E-state index contributed by atoms with van der Waals surface area (Å²) in [6, 6.07) is 0. The summed E-state index contributed by atoms with van der Waals surface area (Å²) in [4.78, 5) is 0. The van der Waals surface area contributed by atoms with Crippen LogP contribution in [0.5, 0.6) is 0 Å². The third-order valence-corrected chi connectivity index (χ3v) is 2.87. The van der Waals surface area contributed by atoms with E-state index in [1.807, 2.05) is 0 Å². The van der Waals surface area contributed by atoms with Gasteiger partial charge >= 0.3 is 82.2 Å². The Morgan fingerprint density at radius 2 is 1.13 bits per heavy atom. The molecule has 0 rings (SSSR count). The fourth-order valence-corrected chi connectivity index (χ4v) is 1.49. The quantitative estimate of drug-likeness (QED) is 0.335. The minimum atomic E-state index is -7.17. The molecule has 0 saturated heterocycles. The second-order valence-electron chi connectivity index (χ2n) is 1.95. The van der Waals surface area contributed by atoms with E-state index in [9.17, 15) is 38.3 Å². The number of alkyl halides is 4. The van der Waals surface area contributed by atoms with Crippen LogP contribution in [0.4, 0.5) is 21.4 Å². The van der Waals surface area contributed by atoms with Crippen molar-refractivity contribution in [2.24, 2.45) is 0 Å². The second kappa shape index (κ2) is 4.79. The molecule has 15 heavy (non-hydrogen) atoms. The number of hydrogen-bond acceptors (Lipinski definition) is 4. The molecule has 0 spiro atoms. The first-order chi connectivity index (χ1) is 5.75. The van der Waals surface area contributed by atoms with E-state index in [1.165, 1.54) is 0 Å². The van der Waals surface area contributed by atoms with Crippen LogP contribution in [0.2, 0.25) is 0 Å². The molecule has 0 aliphatic carbocycles. The van der Waals surface area contributed by atoms with Crippen molar-refractivity contribution in [3.05, 3.63) is 0 Å². The van der Waals surface area contributed by atoms with Gasteiger partial charge in [-0.25, -0.2) is 0 Å². The number of hydrogen-bond donors (Lipinski definition) is 1. The van der Waals surface area contributed by atoms with Crippen molar-refractivity contribution in [2.45, 2.75) is 10.5 Å². The Morgan fingerprint density at radius 1 is 0.867 bits per heavy atom. The second-order valence-corrected chi connectivity index (χ2v) is 4.80. The normalized spacial score (nSPS) is 14.5. The molecule has 88 valence electrons. The maximum absolute atomic E-state index is 12.0. The SMILES string of the molecule is O=S(=O)(O)C(F)(F)C(F)(F)S(=O)(=O)F.[KH]. The molecule has 0 saturated carbocycles. The molecule has 0 amide bonds. The molecule has 0 aromatic rings. The Balaban J connectivity index is 0. The van der Waals surface area contributed by atoms with E-state index in [0.717, 1.165) is 0 Å². The van der Waals surface area contributed by atoms with Gasteiger partial charge in [-0.15, -0.1) is 0 Å². The Morgan fingerprint density at radius 3 is 1.20 bits per heavy atom. The Kier molecular flexibility index (Phi) is 5.92. The summed E-state index contributed by atoms with van der Waals surface area (Å²) in [5, 5.41) is -13.0. The van der Waals surface area contributed by atoms with Crippen molar-refractivity contribution in [2.75, 3.05) is 0 Å². The zero-order valence-corrected chi connectivity index (χ0v) is 7.42. The fourth-order valence-electron chi connectivity index (χ4n) is 0.292. The summed E-state index contributed by atoms with van der Waals surface area (Å²) < 4.78 is 105. The Hall–Kier alpha value is 1.15. The molecule has 0 heterocycles. The molecular weight excluding hydrogens is 302 g/mol. The molecule has 5 nitrogen and oxygen atoms in total. The van der Waals surface area contributed by atoms with Gasteiger partial charge in [-0.1, -0.05) is 3.89 Å². The van der Waals surface area contributed by atoms with Gasteiger partial charge in [-0.3, -0.25) is 4.55 Å². The predicted molar refractivity (Wildman–Crippen MR) is 38.6 cm³/mol. The Bertz CT molecular complexity index is 382. The summed E-state index contributed by atoms with van der Waals surface area (Å²) in [6.07, 6.45) is 0. The molecule has 0 aliphatic rings. The number of rotatable bonds is 3. The van der Waals surface area contributed by atoms with Gasteiger partial charge in [0.2, 0.25) is 0 Å². The van der Waals surface area contributed by atoms with Gasteiger partial charge in [-0.2, -0.15) is 34.4 Å². The van der Waals surface area contributed by atoms with Crippen molar-refractivity contribution in [3.8, 4) is 0 Å². The molecule has 1 N–H and O–H groups in total. The van der Waals surface area contributed by atoms with Crippen molar-refractivity contribution in [1.29, 1.82) is 0 Å². The van der Waals surface area contributed by atoms with E-state index >= 15 is 0 Å². The van der Waals surface area contributed by atoms with E-state index in [4.69, 9.17) is 4.55 Å². The topological polar surface area (TPSA) is 88.5 Å². The summed E-state index contributed by atoms with van der Waals surface area (Å²) in [5.74, 6) is 0. The summed E-state index contributed by atoms with van der Waals surface area (Å²) >= 11 is 0. The van der Waals surface area contributed by atoms with Crippen LogP contribution >= 0.6 is 0 Å². The minimum absolute atomic E-state index is 0. The van der Waals surface area contributed by atoms with Gasteiger partial charge in [0, 0.05) is 0 Å². The zero-order chi connectivity index (χ0) is 12.0. The fraction of sp³-hybridized carbons (Fsp3) is 1.00. The van der Waals surface area contributed by atoms with E-state index < -0.39 is 30.9 Å². The van der Waals surface area contributed by atoms with Crippen LogP contribution in [0.15, 0.2) is 0 Å². The van der Waals surface area contributed by atoms with Crippen molar-refractivity contribution in [1.82, 2.24) is 0 Å². The average Bonchev–Trinajstić information content (AvgIpc) is 1.81. The van der Waals surface area contributed by atoms with Gasteiger partial charge in [-0.05, 0) is 0 Å². The predicted octanol–water partition coefficient (Wildman–Crippen LogP) is -0.289. The van der Waals surface area contributed by atoms with Crippen LogP contribution < -0.4 is 0 Å². The van der Waals surface area contributed by atoms with Crippen molar-refractivity contribution >= 4 is 71.7 Å². The van der Waals surface area contributed by atoms with E-state index in [-0.39, 0.29) is 51.4 Å². The van der Waals surface area contributed by atoms with E-state index in [2.05, 4.69) is 0 Å². The first-order valence-corrected chi connectivity index (χ1v) is 5.24. The van der Waals surface area contributed by atoms with Gasteiger partial charge in [0.1, 0.15) is 0 Å². The van der Waals surface area contributed by atoms with Gasteiger partial charge in [0.05, 0.1) is 0 Å². The number of halogens is 5. The third kappa shape index (κ3) is 3.30. The molecule has 0 unspecified atom stereocenters. The van der Waals surface area contributed by atoms with Gasteiger partial charge < -0.3 is 0 Å². The maximum atomic E-state index is 12.0. The van der Waals surface area contributed by atoms with Crippen LogP contribution in [0.25, 0.3) is 0 Å². The molecule has 0 radical (unpaired) electrons. The molecular formula is C2H2F5KO5S2. The molecule has 0 aliphatic heterocycles. The summed E-state index contributed by atoms with van der Waals surface area (Å²) in [5.41, 5.74) is 0. The molecule has 0 aromatic heterocycles. The van der Waals surface area contributed by atoms with Crippen LogP contribution in [0.1, 0.15) is 0 Å². The molecule has 13 heteroatoms. The van der Waals surface area contributed by atoms with E-state index in [0.29, 0.717) is 0 Å². The van der Waals surface area contributed by atoms with Crippen LogP contribution in [-0.2, 0) is 20.3 Å². The van der Waals surface area contributed by atoms with Crippen molar-refractivity contribution in [3.63, 3.8) is 0 Å². The summed E-state index contributed by atoms with van der Waals surface area (Å²) in [6.45, 7) is 0. The molecule has 0 fully saturated rings. The third-order valence-electron chi connectivity index (χ3n) is 0.969. The van der Waals surface area contributed by atoms with Crippen LogP contribution in [0.3, 0.4) is 0 Å². The average molecular weight is 304 g/mol. The first kappa shape index (κ1) is 18.5. The molecule has 0 aromatic carbocycles. The standard InChI is InChI=1S/C2HF5O5S2.K.H/c3-1(4,13(7,8)9)2(5,6)14(10,11)12;;/h(H,10,11,12);;. The summed E-state index contributed by atoms with van der Waals surface area (Å²) in [7, 11) is -13.9. The van der Waals surface area contributed by atoms with E-state index in [1.54, 1.807) is 0 Å². The van der Waals surface area contributed by atoms with Gasteiger partial charge in [0.15, 0.2) is 0 Å². The van der Waals surface area contributed by atoms with Crippen LogP contribution in [0, 0.1) is 0 Å². The monoisotopic (exact) mass is 304 g/mol. The molecule has 0 bridgehead atoms. The van der Waals surface area contributed by atoms with Gasteiger partial charge in [0.25, 0.3) is 0 Å². The molecule has 0 atom stereocenters. The first-order valence-electron chi connectivity index (χ1n) is 2.42. The van der Waals surface area contributed by atoms with Crippen LogP contribution in [-0.4, -0.2) is 83.3 Å². The zero-order valence-electron chi connectivity index (χ0n) is 5.79. The van der Waals surface area contributed by atoms with Crippen molar-refractivity contribution < 1.29 is 42.8 Å².